The molecule has 2 aliphatic rings. The van der Waals surface area contributed by atoms with Crippen LogP contribution in [0.5, 0.6) is 0 Å². The first-order valence-electron chi connectivity index (χ1n) is 8.72. The summed E-state index contributed by atoms with van der Waals surface area (Å²) in [7, 11) is -3.50. The van der Waals surface area contributed by atoms with Crippen LogP contribution >= 0.6 is 0 Å². The van der Waals surface area contributed by atoms with E-state index < -0.39 is 16.0 Å². The fourth-order valence-corrected chi connectivity index (χ4v) is 4.93. The molecule has 2 N–H and O–H groups in total. The van der Waals surface area contributed by atoms with Crippen molar-refractivity contribution in [2.24, 2.45) is 11.3 Å². The van der Waals surface area contributed by atoms with Crippen molar-refractivity contribution in [3.05, 3.63) is 29.8 Å². The van der Waals surface area contributed by atoms with Crippen molar-refractivity contribution in [3.8, 4) is 0 Å². The summed E-state index contributed by atoms with van der Waals surface area (Å²) >= 11 is 0. The van der Waals surface area contributed by atoms with Gasteiger partial charge in [-0.2, -0.15) is 0 Å². The fourth-order valence-electron chi connectivity index (χ4n) is 3.79. The molecule has 2 saturated carbocycles. The first-order valence-corrected chi connectivity index (χ1v) is 10.2. The van der Waals surface area contributed by atoms with E-state index in [1.165, 1.54) is 25.7 Å². The van der Waals surface area contributed by atoms with Gasteiger partial charge < -0.3 is 5.11 Å². The van der Waals surface area contributed by atoms with Gasteiger partial charge >= 0.3 is 5.97 Å². The summed E-state index contributed by atoms with van der Waals surface area (Å²) in [5, 5.41) is 8.70. The molecule has 0 spiro atoms. The topological polar surface area (TPSA) is 83.5 Å². The lowest BCUT2D eigenvalue weighted by Crippen LogP contribution is -2.49. The number of nitrogens with one attached hydrogen (secondary N) is 1. The largest absolute Gasteiger partial charge is 0.481 e. The lowest BCUT2D eigenvalue weighted by molar-refractivity contribution is -0.136. The third-order valence-corrected chi connectivity index (χ3v) is 7.21. The summed E-state index contributed by atoms with van der Waals surface area (Å²) < 4.78 is 27.9. The molecule has 0 unspecified atom stereocenters. The van der Waals surface area contributed by atoms with E-state index >= 15 is 0 Å². The van der Waals surface area contributed by atoms with Gasteiger partial charge in [-0.05, 0) is 61.1 Å². The summed E-state index contributed by atoms with van der Waals surface area (Å²) in [6.45, 7) is 0.542. The molecule has 2 aliphatic carbocycles. The van der Waals surface area contributed by atoms with Crippen LogP contribution in [0.15, 0.2) is 29.2 Å². The minimum absolute atomic E-state index is 0.0499. The van der Waals surface area contributed by atoms with Crippen molar-refractivity contribution in [3.63, 3.8) is 0 Å². The van der Waals surface area contributed by atoms with Crippen LogP contribution in [0.4, 0.5) is 0 Å². The maximum atomic E-state index is 12.5. The molecule has 5 nitrogen and oxygen atoms in total. The van der Waals surface area contributed by atoms with Crippen LogP contribution in [0.3, 0.4) is 0 Å². The Morgan fingerprint density at radius 1 is 1.17 bits per heavy atom. The van der Waals surface area contributed by atoms with Gasteiger partial charge in [-0.25, -0.2) is 13.1 Å². The first-order chi connectivity index (χ1) is 11.4. The van der Waals surface area contributed by atoms with Crippen LogP contribution in [-0.2, 0) is 21.2 Å². The molecule has 0 radical (unpaired) electrons. The van der Waals surface area contributed by atoms with E-state index in [0.717, 1.165) is 18.4 Å². The highest BCUT2D eigenvalue weighted by molar-refractivity contribution is 7.89. The Morgan fingerprint density at radius 2 is 1.83 bits per heavy atom. The van der Waals surface area contributed by atoms with E-state index in [1.54, 1.807) is 24.3 Å². The molecule has 132 valence electrons. The SMILES string of the molecule is O=C(O)CCc1ccc(S(=O)(=O)NCC2(C3CCC3)CCC2)cc1. The maximum Gasteiger partial charge on any atom is 0.303 e. The number of rotatable bonds is 8. The average Bonchev–Trinajstić information content (AvgIpc) is 2.46. The number of hydrogen-bond acceptors (Lipinski definition) is 3. The van der Waals surface area contributed by atoms with Gasteiger partial charge in [0.1, 0.15) is 0 Å². The second kappa shape index (κ2) is 6.84. The number of carbonyl (C=O) groups is 1. The predicted molar refractivity (Wildman–Crippen MR) is 91.2 cm³/mol. The van der Waals surface area contributed by atoms with Crippen LogP contribution in [-0.4, -0.2) is 26.0 Å². The van der Waals surface area contributed by atoms with Crippen LogP contribution in [0.2, 0.25) is 0 Å². The lowest BCUT2D eigenvalue weighted by Gasteiger charge is -2.51. The predicted octanol–water partition coefficient (Wildman–Crippen LogP) is 2.95. The van der Waals surface area contributed by atoms with E-state index in [1.807, 2.05) is 0 Å². The van der Waals surface area contributed by atoms with E-state index in [4.69, 9.17) is 5.11 Å². The molecule has 0 aromatic heterocycles. The van der Waals surface area contributed by atoms with E-state index in [0.29, 0.717) is 18.9 Å². The second-order valence-corrected chi connectivity index (χ2v) is 8.97. The zero-order chi connectivity index (χ0) is 17.2. The molecule has 0 heterocycles. The molecule has 1 aromatic rings. The van der Waals surface area contributed by atoms with Crippen molar-refractivity contribution in [2.75, 3.05) is 6.54 Å². The molecule has 0 aliphatic heterocycles. The third kappa shape index (κ3) is 3.64. The van der Waals surface area contributed by atoms with E-state index in [-0.39, 0.29) is 16.7 Å². The Labute approximate surface area is 143 Å². The minimum atomic E-state index is -3.50. The number of benzene rings is 1. The van der Waals surface area contributed by atoms with Gasteiger partial charge in [-0.3, -0.25) is 4.79 Å². The Balaban J connectivity index is 1.61. The quantitative estimate of drug-likeness (QED) is 0.754. The molecule has 1 aromatic carbocycles. The summed E-state index contributed by atoms with van der Waals surface area (Å²) in [5.74, 6) is -0.164. The summed E-state index contributed by atoms with van der Waals surface area (Å²) in [6.07, 6.45) is 7.68. The van der Waals surface area contributed by atoms with Crippen LogP contribution in [0.25, 0.3) is 0 Å². The van der Waals surface area contributed by atoms with Crippen LogP contribution in [0.1, 0.15) is 50.5 Å². The lowest BCUT2D eigenvalue weighted by atomic mass is 9.55. The van der Waals surface area contributed by atoms with Gasteiger partial charge in [0, 0.05) is 13.0 Å². The Hall–Kier alpha value is -1.40. The van der Waals surface area contributed by atoms with Crippen LogP contribution in [0, 0.1) is 11.3 Å². The highest BCUT2D eigenvalue weighted by Crippen LogP contribution is 2.54. The van der Waals surface area contributed by atoms with E-state index in [9.17, 15) is 13.2 Å². The van der Waals surface area contributed by atoms with Gasteiger partial charge in [-0.15, -0.1) is 0 Å². The number of aliphatic carboxylic acids is 1. The number of sulfonamides is 1. The first kappa shape index (κ1) is 17.4. The molecule has 0 saturated heterocycles. The standard InChI is InChI=1S/C18H25NO4S/c20-17(21)10-7-14-5-8-16(9-6-14)24(22,23)19-13-18(11-2-12-18)15-3-1-4-15/h5-6,8-9,15,19H,1-4,7,10-13H2,(H,20,21). The van der Waals surface area contributed by atoms with Crippen molar-refractivity contribution in [1.29, 1.82) is 0 Å². The number of hydrogen-bond donors (Lipinski definition) is 2. The monoisotopic (exact) mass is 351 g/mol. The number of aryl methyl sites for hydroxylation is 1. The molecule has 3 rings (SSSR count). The molecule has 24 heavy (non-hydrogen) atoms. The highest BCUT2D eigenvalue weighted by atomic mass is 32.2. The average molecular weight is 351 g/mol. The van der Waals surface area contributed by atoms with Gasteiger partial charge in [0.05, 0.1) is 4.90 Å². The third-order valence-electron chi connectivity index (χ3n) is 5.80. The van der Waals surface area contributed by atoms with Crippen molar-refractivity contribution in [1.82, 2.24) is 4.72 Å². The molecular weight excluding hydrogens is 326 g/mol. The molecule has 0 bridgehead atoms. The summed E-state index contributed by atoms with van der Waals surface area (Å²) in [4.78, 5) is 10.8. The molecular formula is C18H25NO4S. The van der Waals surface area contributed by atoms with Gasteiger partial charge in [0.15, 0.2) is 0 Å². The smallest absolute Gasteiger partial charge is 0.303 e. The summed E-state index contributed by atoms with van der Waals surface area (Å²) in [6, 6.07) is 6.53. The zero-order valence-corrected chi connectivity index (χ0v) is 14.6. The van der Waals surface area contributed by atoms with Crippen molar-refractivity contribution >= 4 is 16.0 Å². The van der Waals surface area contributed by atoms with Gasteiger partial charge in [-0.1, -0.05) is 25.0 Å². The highest BCUT2D eigenvalue weighted by Gasteiger charge is 2.46. The minimum Gasteiger partial charge on any atom is -0.481 e. The number of carboxylic acids is 1. The molecule has 0 amide bonds. The zero-order valence-electron chi connectivity index (χ0n) is 13.8. The van der Waals surface area contributed by atoms with Crippen molar-refractivity contribution < 1.29 is 18.3 Å². The maximum absolute atomic E-state index is 12.5. The number of carboxylic acid groups (broad SMARTS) is 1. The fraction of sp³-hybridized carbons (Fsp3) is 0.611. The molecule has 0 atom stereocenters. The van der Waals surface area contributed by atoms with Gasteiger partial charge in [0.2, 0.25) is 10.0 Å². The Bertz CT molecular complexity index is 688. The second-order valence-electron chi connectivity index (χ2n) is 7.21. The molecule has 2 fully saturated rings. The summed E-state index contributed by atoms with van der Waals surface area (Å²) in [5.41, 5.74) is 1.02. The van der Waals surface area contributed by atoms with Crippen LogP contribution < -0.4 is 4.72 Å². The Kier molecular flexibility index (Phi) is 4.97. The van der Waals surface area contributed by atoms with E-state index in [2.05, 4.69) is 4.72 Å². The molecule has 6 heteroatoms. The normalized spacial score (nSPS) is 20.2. The Morgan fingerprint density at radius 3 is 2.29 bits per heavy atom. The van der Waals surface area contributed by atoms with Crippen molar-refractivity contribution in [2.45, 2.75) is 56.3 Å². The van der Waals surface area contributed by atoms with Gasteiger partial charge in [0.25, 0.3) is 0 Å².